The van der Waals surface area contributed by atoms with Crippen LogP contribution >= 0.6 is 11.6 Å². The first-order valence-electron chi connectivity index (χ1n) is 12.3. The van der Waals surface area contributed by atoms with Gasteiger partial charge in [-0.25, -0.2) is 15.0 Å². The molecular formula is C32H27ClN4. The third-order valence-corrected chi connectivity index (χ3v) is 6.28. The van der Waals surface area contributed by atoms with Gasteiger partial charge in [-0.15, -0.1) is 0 Å². The van der Waals surface area contributed by atoms with Crippen LogP contribution in [0.5, 0.6) is 0 Å². The van der Waals surface area contributed by atoms with Crippen LogP contribution in [0.3, 0.4) is 0 Å². The molecule has 4 aromatic carbocycles. The van der Waals surface area contributed by atoms with Crippen LogP contribution in [0.2, 0.25) is 5.02 Å². The molecule has 0 aliphatic carbocycles. The Morgan fingerprint density at radius 2 is 1.16 bits per heavy atom. The lowest BCUT2D eigenvalue weighted by molar-refractivity contribution is 0.958. The van der Waals surface area contributed by atoms with Crippen molar-refractivity contribution >= 4 is 17.3 Å². The summed E-state index contributed by atoms with van der Waals surface area (Å²) in [5.74, 6) is 1.80. The minimum absolute atomic E-state index is 0.569. The monoisotopic (exact) mass is 502 g/mol. The Morgan fingerprint density at radius 1 is 0.649 bits per heavy atom. The highest BCUT2D eigenvalue weighted by molar-refractivity contribution is 6.31. The third-order valence-electron chi connectivity index (χ3n) is 6.06. The maximum absolute atomic E-state index is 6.60. The topological polar surface area (TPSA) is 64.7 Å². The van der Waals surface area contributed by atoms with Crippen LogP contribution in [0.1, 0.15) is 25.3 Å². The van der Waals surface area contributed by atoms with Crippen molar-refractivity contribution in [1.29, 1.82) is 0 Å². The third kappa shape index (κ3) is 5.76. The van der Waals surface area contributed by atoms with Gasteiger partial charge in [0.25, 0.3) is 0 Å². The molecule has 0 radical (unpaired) electrons. The lowest BCUT2D eigenvalue weighted by atomic mass is 10.0. The van der Waals surface area contributed by atoms with E-state index in [4.69, 9.17) is 32.3 Å². The van der Waals surface area contributed by atoms with Crippen LogP contribution in [0, 0.1) is 0 Å². The fraction of sp³-hybridized carbons (Fsp3) is 0.0938. The van der Waals surface area contributed by atoms with E-state index in [2.05, 4.69) is 31.2 Å². The van der Waals surface area contributed by atoms with Crippen molar-refractivity contribution in [2.75, 3.05) is 0 Å². The summed E-state index contributed by atoms with van der Waals surface area (Å²) in [5.41, 5.74) is 12.7. The second-order valence-corrected chi connectivity index (χ2v) is 9.23. The fourth-order valence-corrected chi connectivity index (χ4v) is 4.33. The van der Waals surface area contributed by atoms with Gasteiger partial charge < -0.3 is 5.73 Å². The SMILES string of the molecule is CCC/C=C(\N)c1ccc(-c2cc(Cl)cc(-c3nc(-c4ccccc4)nc(-c4ccccc4)n3)c2)cc1. The smallest absolute Gasteiger partial charge is 0.164 e. The first kappa shape index (κ1) is 24.4. The Kier molecular flexibility index (Phi) is 7.38. The molecule has 1 aromatic heterocycles. The minimum atomic E-state index is 0.569. The van der Waals surface area contributed by atoms with Crippen molar-refractivity contribution in [2.24, 2.45) is 5.73 Å². The van der Waals surface area contributed by atoms with Crippen molar-refractivity contribution in [1.82, 2.24) is 15.0 Å². The van der Waals surface area contributed by atoms with Gasteiger partial charge in [-0.1, -0.05) is 116 Å². The minimum Gasteiger partial charge on any atom is -0.399 e. The van der Waals surface area contributed by atoms with Crippen LogP contribution in [0.25, 0.3) is 51.0 Å². The quantitative estimate of drug-likeness (QED) is 0.243. The number of benzene rings is 4. The normalized spacial score (nSPS) is 11.5. The molecule has 0 bridgehead atoms. The molecule has 0 atom stereocenters. The number of allylic oxidation sites excluding steroid dienone is 1. The van der Waals surface area contributed by atoms with E-state index >= 15 is 0 Å². The summed E-state index contributed by atoms with van der Waals surface area (Å²) in [6.45, 7) is 2.14. The van der Waals surface area contributed by atoms with Gasteiger partial charge in [-0.05, 0) is 41.3 Å². The zero-order valence-electron chi connectivity index (χ0n) is 20.6. The summed E-state index contributed by atoms with van der Waals surface area (Å²) >= 11 is 6.60. The summed E-state index contributed by atoms with van der Waals surface area (Å²) in [7, 11) is 0. The zero-order valence-corrected chi connectivity index (χ0v) is 21.4. The molecule has 0 fully saturated rings. The summed E-state index contributed by atoms with van der Waals surface area (Å²) in [6, 6.07) is 34.0. The predicted octanol–water partition coefficient (Wildman–Crippen LogP) is 8.29. The maximum atomic E-state index is 6.60. The van der Waals surface area contributed by atoms with E-state index in [0.717, 1.165) is 51.9 Å². The second-order valence-electron chi connectivity index (χ2n) is 8.79. The van der Waals surface area contributed by atoms with Gasteiger partial charge in [0, 0.05) is 27.4 Å². The summed E-state index contributed by atoms with van der Waals surface area (Å²) in [5, 5.41) is 0.613. The van der Waals surface area contributed by atoms with Crippen LogP contribution in [0.15, 0.2) is 109 Å². The van der Waals surface area contributed by atoms with Gasteiger partial charge in [0.15, 0.2) is 17.5 Å². The molecule has 5 heteroatoms. The molecule has 5 rings (SSSR count). The van der Waals surface area contributed by atoms with Crippen molar-refractivity contribution < 1.29 is 0 Å². The molecule has 0 unspecified atom stereocenters. The van der Waals surface area contributed by atoms with E-state index in [1.54, 1.807) is 0 Å². The lowest BCUT2D eigenvalue weighted by Gasteiger charge is -2.11. The Labute approximate surface area is 222 Å². The molecule has 0 amide bonds. The molecule has 2 N–H and O–H groups in total. The molecule has 37 heavy (non-hydrogen) atoms. The molecule has 0 spiro atoms. The highest BCUT2D eigenvalue weighted by Crippen LogP contribution is 2.31. The first-order valence-corrected chi connectivity index (χ1v) is 12.7. The van der Waals surface area contributed by atoms with Crippen LogP contribution in [0.4, 0.5) is 0 Å². The fourth-order valence-electron chi connectivity index (χ4n) is 4.10. The van der Waals surface area contributed by atoms with Crippen LogP contribution in [-0.2, 0) is 0 Å². The van der Waals surface area contributed by atoms with Gasteiger partial charge >= 0.3 is 0 Å². The van der Waals surface area contributed by atoms with Gasteiger partial charge in [0.2, 0.25) is 0 Å². The van der Waals surface area contributed by atoms with E-state index < -0.39 is 0 Å². The van der Waals surface area contributed by atoms with E-state index in [0.29, 0.717) is 22.5 Å². The number of halogens is 1. The molecule has 182 valence electrons. The summed E-state index contributed by atoms with van der Waals surface area (Å²) in [4.78, 5) is 14.5. The number of rotatable bonds is 7. The lowest BCUT2D eigenvalue weighted by Crippen LogP contribution is -2.00. The number of nitrogens with zero attached hydrogens (tertiary/aromatic N) is 3. The van der Waals surface area contributed by atoms with E-state index in [9.17, 15) is 0 Å². The first-order chi connectivity index (χ1) is 18.1. The zero-order chi connectivity index (χ0) is 25.6. The van der Waals surface area contributed by atoms with Crippen molar-refractivity contribution in [3.05, 3.63) is 120 Å². The molecule has 4 nitrogen and oxygen atoms in total. The molecule has 0 saturated heterocycles. The Balaban J connectivity index is 1.58. The number of nitrogens with two attached hydrogens (primary N) is 1. The number of unbranched alkanes of at least 4 members (excludes halogenated alkanes) is 1. The van der Waals surface area contributed by atoms with Gasteiger partial charge in [0.1, 0.15) is 0 Å². The summed E-state index contributed by atoms with van der Waals surface area (Å²) in [6.07, 6.45) is 4.11. The average molecular weight is 503 g/mol. The Morgan fingerprint density at radius 3 is 1.70 bits per heavy atom. The second kappa shape index (κ2) is 11.2. The number of hydrogen-bond acceptors (Lipinski definition) is 4. The number of hydrogen-bond donors (Lipinski definition) is 1. The largest absolute Gasteiger partial charge is 0.399 e. The van der Waals surface area contributed by atoms with Crippen molar-refractivity contribution in [2.45, 2.75) is 19.8 Å². The highest BCUT2D eigenvalue weighted by atomic mass is 35.5. The molecular weight excluding hydrogens is 476 g/mol. The average Bonchev–Trinajstić information content (AvgIpc) is 2.96. The summed E-state index contributed by atoms with van der Waals surface area (Å²) < 4.78 is 0. The van der Waals surface area contributed by atoms with Crippen molar-refractivity contribution in [3.8, 4) is 45.3 Å². The Bertz CT molecular complexity index is 1470. The van der Waals surface area contributed by atoms with Crippen LogP contribution in [-0.4, -0.2) is 15.0 Å². The van der Waals surface area contributed by atoms with Gasteiger partial charge in [0.05, 0.1) is 0 Å². The standard InChI is InChI=1S/C32H27ClN4/c1-2-3-14-29(34)23-17-15-22(16-18-23)26-19-27(21-28(33)20-26)32-36-30(24-10-6-4-7-11-24)35-31(37-32)25-12-8-5-9-13-25/h4-21H,2-3,34H2,1H3/b29-14-. The molecule has 0 saturated carbocycles. The van der Waals surface area contributed by atoms with Crippen LogP contribution < -0.4 is 5.73 Å². The molecule has 5 aromatic rings. The van der Waals surface area contributed by atoms with Crippen molar-refractivity contribution in [3.63, 3.8) is 0 Å². The molecule has 0 aliphatic rings. The van der Waals surface area contributed by atoms with E-state index in [-0.39, 0.29) is 0 Å². The number of aromatic nitrogens is 3. The van der Waals surface area contributed by atoms with E-state index in [1.807, 2.05) is 84.9 Å². The highest BCUT2D eigenvalue weighted by Gasteiger charge is 2.14. The van der Waals surface area contributed by atoms with Gasteiger partial charge in [-0.3, -0.25) is 0 Å². The van der Waals surface area contributed by atoms with Gasteiger partial charge in [-0.2, -0.15) is 0 Å². The van der Waals surface area contributed by atoms with E-state index in [1.165, 1.54) is 0 Å². The molecule has 1 heterocycles. The maximum Gasteiger partial charge on any atom is 0.164 e. The predicted molar refractivity (Wildman–Crippen MR) is 154 cm³/mol. The molecule has 0 aliphatic heterocycles. The Hall–Kier alpha value is -4.28.